The highest BCUT2D eigenvalue weighted by Crippen LogP contribution is 2.25. The van der Waals surface area contributed by atoms with E-state index in [1.165, 1.54) is 66.1 Å². The van der Waals surface area contributed by atoms with Crippen LogP contribution in [0.25, 0.3) is 57.0 Å². The third-order valence-electron chi connectivity index (χ3n) is 7.47. The third kappa shape index (κ3) is 5.87. The zero-order chi connectivity index (χ0) is 27.3. The zero-order valence-electron chi connectivity index (χ0n) is 23.0. The average Bonchev–Trinajstić information content (AvgIpc) is 3.00. The molecule has 0 aliphatic heterocycles. The summed E-state index contributed by atoms with van der Waals surface area (Å²) in [5.41, 5.74) is 9.90. The van der Waals surface area contributed by atoms with Crippen molar-refractivity contribution in [1.29, 1.82) is 0 Å². The van der Waals surface area contributed by atoms with E-state index in [0.717, 1.165) is 0 Å². The van der Waals surface area contributed by atoms with Gasteiger partial charge in [0.05, 0.1) is 0 Å². The Kier molecular flexibility index (Phi) is 7.24. The van der Waals surface area contributed by atoms with Crippen LogP contribution in [0.1, 0.15) is 47.2 Å². The second-order valence-electron chi connectivity index (χ2n) is 10.5. The second-order valence-corrected chi connectivity index (χ2v) is 10.5. The Morgan fingerprint density at radius 1 is 0.375 bits per heavy atom. The van der Waals surface area contributed by atoms with Gasteiger partial charge in [0.1, 0.15) is 0 Å². The van der Waals surface area contributed by atoms with Crippen molar-refractivity contribution < 1.29 is 0 Å². The maximum absolute atomic E-state index is 2.27. The molecule has 0 amide bonds. The molecule has 0 aliphatic rings. The number of allylic oxidation sites excluding steroid dienone is 2. The summed E-state index contributed by atoms with van der Waals surface area (Å²) in [7, 11) is 0. The molecule has 0 heteroatoms. The summed E-state index contributed by atoms with van der Waals surface area (Å²) in [6.45, 7) is 4.34. The molecule has 0 atom stereocenters. The van der Waals surface area contributed by atoms with Crippen molar-refractivity contribution in [3.63, 3.8) is 0 Å². The third-order valence-corrected chi connectivity index (χ3v) is 7.47. The maximum Gasteiger partial charge on any atom is -0.0178 e. The SMILES string of the molecule is CC(=Cc1ccc2cc(C=Cc3ccc4cc(C=C(C)c5ccccc5)ccc4c3)ccc2c1)c1ccccc1. The fourth-order valence-corrected chi connectivity index (χ4v) is 5.21. The first-order chi connectivity index (χ1) is 19.6. The molecule has 40 heavy (non-hydrogen) atoms. The Hall–Kier alpha value is -4.94. The first kappa shape index (κ1) is 25.3. The van der Waals surface area contributed by atoms with E-state index < -0.39 is 0 Å². The zero-order valence-corrected chi connectivity index (χ0v) is 23.0. The summed E-state index contributed by atoms with van der Waals surface area (Å²) in [4.78, 5) is 0. The van der Waals surface area contributed by atoms with Crippen LogP contribution in [0.15, 0.2) is 133 Å². The van der Waals surface area contributed by atoms with Crippen molar-refractivity contribution in [3.05, 3.63) is 167 Å². The molecule has 0 aliphatic carbocycles. The molecule has 0 aromatic heterocycles. The van der Waals surface area contributed by atoms with Crippen LogP contribution in [-0.4, -0.2) is 0 Å². The van der Waals surface area contributed by atoms with Gasteiger partial charge >= 0.3 is 0 Å². The van der Waals surface area contributed by atoms with Crippen LogP contribution in [0.3, 0.4) is 0 Å². The van der Waals surface area contributed by atoms with Crippen molar-refractivity contribution in [2.75, 3.05) is 0 Å². The topological polar surface area (TPSA) is 0 Å². The minimum absolute atomic E-state index is 1.20. The van der Waals surface area contributed by atoms with Crippen LogP contribution < -0.4 is 0 Å². The fraction of sp³-hybridized carbons (Fsp3) is 0.0500. The summed E-state index contributed by atoms with van der Waals surface area (Å²) in [5, 5.41) is 5.01. The van der Waals surface area contributed by atoms with Gasteiger partial charge in [0.15, 0.2) is 0 Å². The molecule has 6 aromatic rings. The fourth-order valence-electron chi connectivity index (χ4n) is 5.21. The monoisotopic (exact) mass is 512 g/mol. The highest BCUT2D eigenvalue weighted by atomic mass is 14.1. The second kappa shape index (κ2) is 11.4. The van der Waals surface area contributed by atoms with E-state index in [0.29, 0.717) is 0 Å². The van der Waals surface area contributed by atoms with Crippen molar-refractivity contribution >= 4 is 57.0 Å². The van der Waals surface area contributed by atoms with Gasteiger partial charge in [-0.25, -0.2) is 0 Å². The minimum Gasteiger partial charge on any atom is -0.0622 e. The van der Waals surface area contributed by atoms with Gasteiger partial charge < -0.3 is 0 Å². The lowest BCUT2D eigenvalue weighted by atomic mass is 10.00. The lowest BCUT2D eigenvalue weighted by molar-refractivity contribution is 1.58. The normalized spacial score (nSPS) is 12.4. The molecule has 0 heterocycles. The molecule has 0 saturated carbocycles. The predicted molar refractivity (Wildman–Crippen MR) is 177 cm³/mol. The van der Waals surface area contributed by atoms with Gasteiger partial charge in [0, 0.05) is 0 Å². The maximum atomic E-state index is 2.27. The van der Waals surface area contributed by atoms with E-state index in [9.17, 15) is 0 Å². The van der Waals surface area contributed by atoms with Crippen molar-refractivity contribution in [2.24, 2.45) is 0 Å². The summed E-state index contributed by atoms with van der Waals surface area (Å²) < 4.78 is 0. The highest BCUT2D eigenvalue weighted by Gasteiger charge is 2.01. The van der Waals surface area contributed by atoms with E-state index in [4.69, 9.17) is 0 Å². The summed E-state index contributed by atoms with van der Waals surface area (Å²) in [5.74, 6) is 0. The van der Waals surface area contributed by atoms with Crippen molar-refractivity contribution in [2.45, 2.75) is 13.8 Å². The van der Waals surface area contributed by atoms with Crippen LogP contribution in [-0.2, 0) is 0 Å². The Labute approximate surface area is 237 Å². The number of benzene rings is 6. The molecule has 0 saturated heterocycles. The van der Waals surface area contributed by atoms with Gasteiger partial charge in [-0.15, -0.1) is 0 Å². The number of hydrogen-bond donors (Lipinski definition) is 0. The predicted octanol–water partition coefficient (Wildman–Crippen LogP) is 11.3. The molecule has 0 bridgehead atoms. The van der Waals surface area contributed by atoms with Crippen LogP contribution in [0.5, 0.6) is 0 Å². The largest absolute Gasteiger partial charge is 0.0622 e. The van der Waals surface area contributed by atoms with Gasteiger partial charge in [0.2, 0.25) is 0 Å². The molecule has 0 N–H and O–H groups in total. The first-order valence-corrected chi connectivity index (χ1v) is 13.8. The average molecular weight is 513 g/mol. The van der Waals surface area contributed by atoms with E-state index >= 15 is 0 Å². The van der Waals surface area contributed by atoms with Gasteiger partial charge in [-0.2, -0.15) is 0 Å². The number of hydrogen-bond acceptors (Lipinski definition) is 0. The molecule has 0 spiro atoms. The van der Waals surface area contributed by atoms with Crippen molar-refractivity contribution in [1.82, 2.24) is 0 Å². The molecule has 0 unspecified atom stereocenters. The Bertz CT molecular complexity index is 1740. The molecular formula is C40H32. The van der Waals surface area contributed by atoms with Crippen LogP contribution >= 0.6 is 0 Å². The molecule has 6 aromatic carbocycles. The van der Waals surface area contributed by atoms with E-state index in [1.807, 2.05) is 0 Å². The number of rotatable bonds is 6. The Balaban J connectivity index is 1.19. The highest BCUT2D eigenvalue weighted by molar-refractivity contribution is 5.92. The van der Waals surface area contributed by atoms with Crippen LogP contribution in [0, 0.1) is 0 Å². The minimum atomic E-state index is 1.20. The smallest absolute Gasteiger partial charge is 0.0178 e. The van der Waals surface area contributed by atoms with Gasteiger partial charge in [0.25, 0.3) is 0 Å². The molecular weight excluding hydrogens is 480 g/mol. The standard InChI is InChI=1S/C40H32/c1-29(35-9-5-3-6-10-35)23-33-17-21-37-25-31(15-19-39(37)27-33)13-14-32-16-20-40-28-34(18-22-38(40)26-32)24-30(2)36-11-7-4-8-12-36/h3-28H,1-2H3. The van der Waals surface area contributed by atoms with E-state index in [-0.39, 0.29) is 0 Å². The van der Waals surface area contributed by atoms with E-state index in [1.54, 1.807) is 0 Å². The van der Waals surface area contributed by atoms with Crippen molar-refractivity contribution in [3.8, 4) is 0 Å². The molecule has 0 radical (unpaired) electrons. The lowest BCUT2D eigenvalue weighted by Gasteiger charge is -2.05. The van der Waals surface area contributed by atoms with Gasteiger partial charge in [-0.1, -0.05) is 133 Å². The molecule has 192 valence electrons. The molecule has 0 nitrogen and oxygen atoms in total. The van der Waals surface area contributed by atoms with Gasteiger partial charge in [-0.3, -0.25) is 0 Å². The Morgan fingerprint density at radius 2 is 0.700 bits per heavy atom. The summed E-state index contributed by atoms with van der Waals surface area (Å²) >= 11 is 0. The summed E-state index contributed by atoms with van der Waals surface area (Å²) in [6, 6.07) is 47.8. The molecule has 0 fully saturated rings. The quantitative estimate of drug-likeness (QED) is 0.195. The summed E-state index contributed by atoms with van der Waals surface area (Å²) in [6.07, 6.45) is 8.92. The lowest BCUT2D eigenvalue weighted by Crippen LogP contribution is -1.82. The first-order valence-electron chi connectivity index (χ1n) is 13.8. The number of fused-ring (bicyclic) bond motifs is 2. The van der Waals surface area contributed by atoms with Gasteiger partial charge in [-0.05, 0) is 104 Å². The van der Waals surface area contributed by atoms with Crippen LogP contribution in [0.4, 0.5) is 0 Å². The van der Waals surface area contributed by atoms with E-state index in [2.05, 4.69) is 172 Å². The Morgan fingerprint density at radius 3 is 1.07 bits per heavy atom. The van der Waals surface area contributed by atoms with Crippen LogP contribution in [0.2, 0.25) is 0 Å². The molecule has 6 rings (SSSR count).